The molecule has 15 heavy (non-hydrogen) atoms. The van der Waals surface area contributed by atoms with Crippen LogP contribution in [0.3, 0.4) is 0 Å². The molecule has 0 bridgehead atoms. The van der Waals surface area contributed by atoms with Gasteiger partial charge in [-0.3, -0.25) is 9.36 Å². The second-order valence-corrected chi connectivity index (χ2v) is 5.22. The number of nitrogens with one attached hydrogen (secondary N) is 1. The average Bonchev–Trinajstić information content (AvgIpc) is 2.08. The van der Waals surface area contributed by atoms with Crippen molar-refractivity contribution in [2.75, 3.05) is 33.5 Å². The number of hydrogen-bond donors (Lipinski definition) is 2. The topological polar surface area (TPSA) is 84.9 Å². The van der Waals surface area contributed by atoms with Gasteiger partial charge in [-0.1, -0.05) is 0 Å². The van der Waals surface area contributed by atoms with Crippen molar-refractivity contribution in [1.82, 2.24) is 5.32 Å². The highest BCUT2D eigenvalue weighted by Crippen LogP contribution is 2.36. The minimum Gasteiger partial charge on any atom is -0.384 e. The van der Waals surface area contributed by atoms with E-state index in [9.17, 15) is 9.36 Å². The van der Waals surface area contributed by atoms with E-state index in [1.165, 1.54) is 14.0 Å². The molecule has 90 valence electrons. The molecule has 0 saturated heterocycles. The van der Waals surface area contributed by atoms with Crippen LogP contribution in [0.5, 0.6) is 0 Å². The number of ether oxygens (including phenoxy) is 1. The zero-order valence-electron chi connectivity index (χ0n) is 9.23. The van der Waals surface area contributed by atoms with Crippen LogP contribution < -0.4 is 5.32 Å². The molecule has 0 saturated carbocycles. The largest absolute Gasteiger partial charge is 0.384 e. The van der Waals surface area contributed by atoms with Gasteiger partial charge >= 0.3 is 7.60 Å². The first-order chi connectivity index (χ1) is 6.85. The van der Waals surface area contributed by atoms with Crippen molar-refractivity contribution < 1.29 is 23.5 Å². The molecule has 2 atom stereocenters. The first kappa shape index (κ1) is 14.6. The molecule has 7 heteroatoms. The molecule has 0 radical (unpaired) electrons. The van der Waals surface area contributed by atoms with Gasteiger partial charge in [0.15, 0.2) is 0 Å². The predicted octanol–water partition coefficient (Wildman–Crippen LogP) is 0.217. The fourth-order valence-electron chi connectivity index (χ4n) is 0.933. The molecule has 0 rings (SSSR count). The zero-order chi connectivity index (χ0) is 11.9. The van der Waals surface area contributed by atoms with E-state index in [1.54, 1.807) is 0 Å². The Morgan fingerprint density at radius 1 is 1.53 bits per heavy atom. The SMILES string of the molecule is COC[C@H](CNC(C)=O)CO[P@](C)(=O)O. The second-order valence-electron chi connectivity index (χ2n) is 3.36. The van der Waals surface area contributed by atoms with Crippen LogP contribution in [-0.4, -0.2) is 44.3 Å². The molecular formula is C8H18NO5P. The molecule has 0 spiro atoms. The summed E-state index contributed by atoms with van der Waals surface area (Å²) in [5.74, 6) is -0.279. The molecule has 0 aromatic rings. The van der Waals surface area contributed by atoms with Gasteiger partial charge in [-0.25, -0.2) is 0 Å². The van der Waals surface area contributed by atoms with Gasteiger partial charge in [0.1, 0.15) is 0 Å². The van der Waals surface area contributed by atoms with Gasteiger partial charge in [-0.05, 0) is 0 Å². The van der Waals surface area contributed by atoms with E-state index < -0.39 is 7.60 Å². The summed E-state index contributed by atoms with van der Waals surface area (Å²) < 4.78 is 20.5. The Hall–Kier alpha value is -0.420. The van der Waals surface area contributed by atoms with Crippen LogP contribution in [0.2, 0.25) is 0 Å². The van der Waals surface area contributed by atoms with Crippen molar-refractivity contribution in [1.29, 1.82) is 0 Å². The molecule has 6 nitrogen and oxygen atoms in total. The van der Waals surface area contributed by atoms with E-state index in [1.807, 2.05) is 0 Å². The first-order valence-corrected chi connectivity index (χ1v) is 6.56. The summed E-state index contributed by atoms with van der Waals surface area (Å²) in [6.45, 7) is 3.33. The number of rotatable bonds is 7. The highest BCUT2D eigenvalue weighted by Gasteiger charge is 2.16. The van der Waals surface area contributed by atoms with Crippen LogP contribution in [0, 0.1) is 5.92 Å². The maximum atomic E-state index is 10.9. The van der Waals surface area contributed by atoms with Gasteiger partial charge in [0.25, 0.3) is 0 Å². The maximum Gasteiger partial charge on any atom is 0.325 e. The van der Waals surface area contributed by atoms with Gasteiger partial charge in [-0.15, -0.1) is 0 Å². The lowest BCUT2D eigenvalue weighted by Crippen LogP contribution is -2.31. The molecule has 0 heterocycles. The van der Waals surface area contributed by atoms with Crippen LogP contribution in [-0.2, 0) is 18.6 Å². The van der Waals surface area contributed by atoms with Crippen LogP contribution >= 0.6 is 7.60 Å². The molecule has 0 aliphatic heterocycles. The van der Waals surface area contributed by atoms with Crippen LogP contribution in [0.4, 0.5) is 0 Å². The Balaban J connectivity index is 3.93. The Bertz CT molecular complexity index is 239. The summed E-state index contributed by atoms with van der Waals surface area (Å²) >= 11 is 0. The van der Waals surface area contributed by atoms with Crippen molar-refractivity contribution >= 4 is 13.5 Å². The van der Waals surface area contributed by atoms with Gasteiger partial charge in [0.2, 0.25) is 5.91 Å². The van der Waals surface area contributed by atoms with Gasteiger partial charge in [0.05, 0.1) is 13.2 Å². The number of methoxy groups -OCH3 is 1. The summed E-state index contributed by atoms with van der Waals surface area (Å²) in [7, 11) is -1.94. The predicted molar refractivity (Wildman–Crippen MR) is 55.8 cm³/mol. The lowest BCUT2D eigenvalue weighted by molar-refractivity contribution is -0.119. The molecule has 0 unspecified atom stereocenters. The molecule has 0 fully saturated rings. The third-order valence-corrected chi connectivity index (χ3v) is 2.22. The fraction of sp³-hybridized carbons (Fsp3) is 0.875. The maximum absolute atomic E-state index is 10.9. The normalized spacial score (nSPS) is 16.8. The summed E-state index contributed by atoms with van der Waals surface area (Å²) in [5.41, 5.74) is 0. The summed E-state index contributed by atoms with van der Waals surface area (Å²) in [6, 6.07) is 0. The van der Waals surface area contributed by atoms with Gasteiger partial charge < -0.3 is 19.5 Å². The monoisotopic (exact) mass is 239 g/mol. The van der Waals surface area contributed by atoms with E-state index in [4.69, 9.17) is 14.2 Å². The van der Waals surface area contributed by atoms with Crippen molar-refractivity contribution in [3.05, 3.63) is 0 Å². The molecule has 2 N–H and O–H groups in total. The van der Waals surface area contributed by atoms with Crippen LogP contribution in [0.25, 0.3) is 0 Å². The highest BCUT2D eigenvalue weighted by atomic mass is 31.2. The summed E-state index contributed by atoms with van der Waals surface area (Å²) in [6.07, 6.45) is 0. The lowest BCUT2D eigenvalue weighted by Gasteiger charge is -2.17. The van der Waals surface area contributed by atoms with Crippen molar-refractivity contribution in [2.24, 2.45) is 5.92 Å². The van der Waals surface area contributed by atoms with E-state index in [0.717, 1.165) is 6.66 Å². The van der Waals surface area contributed by atoms with Gasteiger partial charge in [0, 0.05) is 33.2 Å². The highest BCUT2D eigenvalue weighted by molar-refractivity contribution is 7.51. The minimum atomic E-state index is -3.46. The fourth-order valence-corrected chi connectivity index (χ4v) is 1.42. The summed E-state index contributed by atoms with van der Waals surface area (Å²) in [4.78, 5) is 19.6. The van der Waals surface area contributed by atoms with E-state index in [2.05, 4.69) is 5.32 Å². The van der Waals surface area contributed by atoms with E-state index >= 15 is 0 Å². The minimum absolute atomic E-state index is 0.0817. The first-order valence-electron chi connectivity index (χ1n) is 4.53. The standard InChI is InChI=1S/C8H18NO5P/c1-7(10)9-4-8(5-13-2)6-14-15(3,11)12/h8H,4-6H2,1-3H3,(H,9,10)(H,11,12)/t8-/m0/s1. The smallest absolute Gasteiger partial charge is 0.325 e. The molecule has 0 aromatic carbocycles. The number of hydrogen-bond acceptors (Lipinski definition) is 4. The molecule has 0 aromatic heterocycles. The quantitative estimate of drug-likeness (QED) is 0.621. The zero-order valence-corrected chi connectivity index (χ0v) is 10.1. The number of carbonyl (C=O) groups excluding carboxylic acids is 1. The molecular weight excluding hydrogens is 221 g/mol. The third kappa shape index (κ3) is 9.87. The summed E-state index contributed by atoms with van der Waals surface area (Å²) in [5, 5.41) is 2.60. The van der Waals surface area contributed by atoms with Crippen LogP contribution in [0.15, 0.2) is 0 Å². The second kappa shape index (κ2) is 6.95. The Kier molecular flexibility index (Phi) is 6.76. The van der Waals surface area contributed by atoms with Gasteiger partial charge in [-0.2, -0.15) is 0 Å². The molecule has 0 aliphatic carbocycles. The third-order valence-electron chi connectivity index (χ3n) is 1.59. The number of amides is 1. The van der Waals surface area contributed by atoms with Crippen molar-refractivity contribution in [2.45, 2.75) is 6.92 Å². The van der Waals surface area contributed by atoms with Crippen molar-refractivity contribution in [3.8, 4) is 0 Å². The lowest BCUT2D eigenvalue weighted by atomic mass is 10.2. The Morgan fingerprint density at radius 2 is 2.13 bits per heavy atom. The van der Waals surface area contributed by atoms with Crippen LogP contribution in [0.1, 0.15) is 6.92 Å². The average molecular weight is 239 g/mol. The Labute approximate surface area is 89.5 Å². The molecule has 0 aliphatic rings. The molecule has 1 amide bonds. The van der Waals surface area contributed by atoms with E-state index in [0.29, 0.717) is 13.2 Å². The van der Waals surface area contributed by atoms with E-state index in [-0.39, 0.29) is 18.4 Å². The Morgan fingerprint density at radius 3 is 2.53 bits per heavy atom. The number of carbonyl (C=O) groups is 1. The van der Waals surface area contributed by atoms with Crippen molar-refractivity contribution in [3.63, 3.8) is 0 Å².